The second-order valence-corrected chi connectivity index (χ2v) is 6.00. The van der Waals surface area contributed by atoms with Crippen molar-refractivity contribution in [2.75, 3.05) is 11.6 Å². The van der Waals surface area contributed by atoms with Gasteiger partial charge >= 0.3 is 0 Å². The Labute approximate surface area is 111 Å². The molecule has 1 aromatic heterocycles. The zero-order chi connectivity index (χ0) is 13.9. The predicted octanol–water partition coefficient (Wildman–Crippen LogP) is 1.74. The second-order valence-electron chi connectivity index (χ2n) is 3.99. The van der Waals surface area contributed by atoms with Crippen LogP contribution in [-0.4, -0.2) is 25.6 Å². The molecule has 0 saturated heterocycles. The third-order valence-corrected chi connectivity index (χ3v) is 3.61. The molecule has 0 bridgehead atoms. The van der Waals surface area contributed by atoms with Gasteiger partial charge in [-0.2, -0.15) is 0 Å². The normalized spacial score (nSPS) is 11.0. The lowest BCUT2D eigenvalue weighted by atomic mass is 10.2. The summed E-state index contributed by atoms with van der Waals surface area (Å²) >= 11 is 0. The standard InChI is InChI=1S/C13H12N2O3S/c1-19(17,18)12-4-2-10(3-5-12)13(16)15-11-6-8-14-9-7-11/h2-9H,1H3,(H,14,15,16). The van der Waals surface area contributed by atoms with Gasteiger partial charge in [0.15, 0.2) is 9.84 Å². The summed E-state index contributed by atoms with van der Waals surface area (Å²) in [5, 5.41) is 2.69. The molecule has 1 amide bonds. The summed E-state index contributed by atoms with van der Waals surface area (Å²) in [4.78, 5) is 15.9. The van der Waals surface area contributed by atoms with Crippen molar-refractivity contribution in [3.05, 3.63) is 54.4 Å². The van der Waals surface area contributed by atoms with Gasteiger partial charge in [0.1, 0.15) is 0 Å². The first-order chi connectivity index (χ1) is 8.97. The van der Waals surface area contributed by atoms with Crippen molar-refractivity contribution in [2.24, 2.45) is 0 Å². The van der Waals surface area contributed by atoms with Gasteiger partial charge in [0, 0.05) is 29.9 Å². The molecule has 1 N–H and O–H groups in total. The minimum absolute atomic E-state index is 0.188. The van der Waals surface area contributed by atoms with Crippen LogP contribution in [0.3, 0.4) is 0 Å². The van der Waals surface area contributed by atoms with Crippen molar-refractivity contribution in [1.82, 2.24) is 4.98 Å². The van der Waals surface area contributed by atoms with Gasteiger partial charge in [-0.3, -0.25) is 9.78 Å². The molecular weight excluding hydrogens is 264 g/mol. The van der Waals surface area contributed by atoms with Crippen LogP contribution < -0.4 is 5.32 Å². The van der Waals surface area contributed by atoms with Gasteiger partial charge in [-0.05, 0) is 36.4 Å². The van der Waals surface area contributed by atoms with Crippen molar-refractivity contribution in [3.8, 4) is 0 Å². The van der Waals surface area contributed by atoms with Crippen molar-refractivity contribution in [3.63, 3.8) is 0 Å². The lowest BCUT2D eigenvalue weighted by Crippen LogP contribution is -2.12. The van der Waals surface area contributed by atoms with Gasteiger partial charge in [-0.1, -0.05) is 0 Å². The van der Waals surface area contributed by atoms with E-state index >= 15 is 0 Å². The molecule has 98 valence electrons. The second kappa shape index (κ2) is 5.19. The van der Waals surface area contributed by atoms with E-state index in [0.717, 1.165) is 6.26 Å². The number of carbonyl (C=O) groups is 1. The zero-order valence-electron chi connectivity index (χ0n) is 10.2. The van der Waals surface area contributed by atoms with E-state index < -0.39 is 9.84 Å². The number of nitrogens with zero attached hydrogens (tertiary/aromatic N) is 1. The fourth-order valence-corrected chi connectivity index (χ4v) is 2.12. The Morgan fingerprint density at radius 3 is 2.16 bits per heavy atom. The number of pyridine rings is 1. The molecular formula is C13H12N2O3S. The van der Waals surface area contributed by atoms with Gasteiger partial charge in [0.2, 0.25) is 0 Å². The van der Waals surface area contributed by atoms with Crippen LogP contribution in [0.25, 0.3) is 0 Å². The third-order valence-electron chi connectivity index (χ3n) is 2.48. The highest BCUT2D eigenvalue weighted by Gasteiger charge is 2.09. The minimum atomic E-state index is -3.24. The van der Waals surface area contributed by atoms with E-state index in [1.165, 1.54) is 24.3 Å². The average molecular weight is 276 g/mol. The number of anilines is 1. The Hall–Kier alpha value is -2.21. The van der Waals surface area contributed by atoms with Crippen molar-refractivity contribution < 1.29 is 13.2 Å². The largest absolute Gasteiger partial charge is 0.322 e. The lowest BCUT2D eigenvalue weighted by molar-refractivity contribution is 0.102. The molecule has 0 saturated carbocycles. The van der Waals surface area contributed by atoms with Crippen LogP contribution in [0, 0.1) is 0 Å². The van der Waals surface area contributed by atoms with Gasteiger partial charge in [-0.15, -0.1) is 0 Å². The molecule has 1 heterocycles. The van der Waals surface area contributed by atoms with Crippen LogP contribution in [0.15, 0.2) is 53.7 Å². The lowest BCUT2D eigenvalue weighted by Gasteiger charge is -2.05. The first-order valence-electron chi connectivity index (χ1n) is 5.48. The number of aromatic nitrogens is 1. The Morgan fingerprint density at radius 2 is 1.63 bits per heavy atom. The summed E-state index contributed by atoms with van der Waals surface area (Å²) in [6.07, 6.45) is 4.27. The predicted molar refractivity (Wildman–Crippen MR) is 71.7 cm³/mol. The first-order valence-corrected chi connectivity index (χ1v) is 7.37. The summed E-state index contributed by atoms with van der Waals surface area (Å²) in [6, 6.07) is 9.12. The SMILES string of the molecule is CS(=O)(=O)c1ccc(C(=O)Nc2ccncc2)cc1. The smallest absolute Gasteiger partial charge is 0.255 e. The van der Waals surface area contributed by atoms with Crippen LogP contribution in [0.2, 0.25) is 0 Å². The number of carbonyl (C=O) groups excluding carboxylic acids is 1. The summed E-state index contributed by atoms with van der Waals surface area (Å²) in [6.45, 7) is 0. The molecule has 5 nitrogen and oxygen atoms in total. The molecule has 0 aliphatic rings. The van der Waals surface area contributed by atoms with E-state index in [1.807, 2.05) is 0 Å². The van der Waals surface area contributed by atoms with Gasteiger partial charge in [0.05, 0.1) is 4.90 Å². The molecule has 0 aliphatic heterocycles. The van der Waals surface area contributed by atoms with Gasteiger partial charge in [-0.25, -0.2) is 8.42 Å². The van der Waals surface area contributed by atoms with E-state index in [9.17, 15) is 13.2 Å². The maximum atomic E-state index is 11.9. The van der Waals surface area contributed by atoms with E-state index in [-0.39, 0.29) is 10.8 Å². The van der Waals surface area contributed by atoms with Gasteiger partial charge in [0.25, 0.3) is 5.91 Å². The maximum absolute atomic E-state index is 11.9. The topological polar surface area (TPSA) is 76.1 Å². The molecule has 0 atom stereocenters. The number of sulfone groups is 1. The molecule has 0 aliphatic carbocycles. The Kier molecular flexibility index (Phi) is 3.62. The van der Waals surface area contributed by atoms with Crippen molar-refractivity contribution in [1.29, 1.82) is 0 Å². The minimum Gasteiger partial charge on any atom is -0.322 e. The maximum Gasteiger partial charge on any atom is 0.255 e. The number of amides is 1. The number of hydrogen-bond donors (Lipinski definition) is 1. The van der Waals surface area contributed by atoms with E-state index in [2.05, 4.69) is 10.3 Å². The number of hydrogen-bond acceptors (Lipinski definition) is 4. The van der Waals surface area contributed by atoms with Gasteiger partial charge < -0.3 is 5.32 Å². The molecule has 0 spiro atoms. The number of nitrogens with one attached hydrogen (secondary N) is 1. The molecule has 2 aromatic rings. The molecule has 0 radical (unpaired) electrons. The highest BCUT2D eigenvalue weighted by molar-refractivity contribution is 7.90. The fourth-order valence-electron chi connectivity index (χ4n) is 1.49. The Bertz CT molecular complexity index is 680. The molecule has 6 heteroatoms. The van der Waals surface area contributed by atoms with E-state index in [1.54, 1.807) is 24.5 Å². The van der Waals surface area contributed by atoms with E-state index in [4.69, 9.17) is 0 Å². The van der Waals surface area contributed by atoms with Crippen LogP contribution in [-0.2, 0) is 9.84 Å². The van der Waals surface area contributed by atoms with Crippen LogP contribution in [0.1, 0.15) is 10.4 Å². The highest BCUT2D eigenvalue weighted by Crippen LogP contribution is 2.12. The fraction of sp³-hybridized carbons (Fsp3) is 0.0769. The van der Waals surface area contributed by atoms with Crippen LogP contribution in [0.5, 0.6) is 0 Å². The quantitative estimate of drug-likeness (QED) is 0.926. The van der Waals surface area contributed by atoms with Crippen molar-refractivity contribution in [2.45, 2.75) is 4.90 Å². The monoisotopic (exact) mass is 276 g/mol. The summed E-state index contributed by atoms with van der Waals surface area (Å²) in [7, 11) is -3.24. The summed E-state index contributed by atoms with van der Waals surface area (Å²) in [5.41, 5.74) is 1.02. The third kappa shape index (κ3) is 3.38. The molecule has 19 heavy (non-hydrogen) atoms. The van der Waals surface area contributed by atoms with Crippen LogP contribution >= 0.6 is 0 Å². The van der Waals surface area contributed by atoms with Crippen LogP contribution in [0.4, 0.5) is 5.69 Å². The number of benzene rings is 1. The molecule has 2 rings (SSSR count). The first kappa shape index (κ1) is 13.2. The average Bonchev–Trinajstić information content (AvgIpc) is 2.39. The highest BCUT2D eigenvalue weighted by atomic mass is 32.2. The zero-order valence-corrected chi connectivity index (χ0v) is 11.0. The number of rotatable bonds is 3. The summed E-state index contributed by atoms with van der Waals surface area (Å²) in [5.74, 6) is -0.300. The summed E-state index contributed by atoms with van der Waals surface area (Å²) < 4.78 is 22.6. The molecule has 1 aromatic carbocycles. The Balaban J connectivity index is 2.17. The molecule has 0 fully saturated rings. The molecule has 0 unspecified atom stereocenters. The van der Waals surface area contributed by atoms with Crippen molar-refractivity contribution >= 4 is 21.4 Å². The Morgan fingerprint density at radius 1 is 1.05 bits per heavy atom. The van der Waals surface area contributed by atoms with E-state index in [0.29, 0.717) is 11.3 Å².